The maximum absolute atomic E-state index is 11.8. The molecule has 2 rings (SSSR count). The molecular weight excluding hydrogens is 214 g/mol. The van der Waals surface area contributed by atoms with Crippen LogP contribution in [-0.2, 0) is 11.3 Å². The van der Waals surface area contributed by atoms with Crippen LogP contribution >= 0.6 is 0 Å². The van der Waals surface area contributed by atoms with Crippen molar-refractivity contribution in [3.63, 3.8) is 0 Å². The van der Waals surface area contributed by atoms with E-state index >= 15 is 0 Å². The van der Waals surface area contributed by atoms with Gasteiger partial charge in [0.05, 0.1) is 17.6 Å². The molecular formula is C13H15N3O. The van der Waals surface area contributed by atoms with Gasteiger partial charge in [-0.1, -0.05) is 12.1 Å². The maximum atomic E-state index is 11.8. The lowest BCUT2D eigenvalue weighted by molar-refractivity contribution is -0.131. The SMILES string of the molecule is CN(Cc1ccc(C#N)cc1)C(=O)C1CC1N. The molecule has 0 bridgehead atoms. The first-order chi connectivity index (χ1) is 8.11. The third-order valence-corrected chi connectivity index (χ3v) is 3.04. The molecule has 1 amide bonds. The van der Waals surface area contributed by atoms with E-state index in [1.807, 2.05) is 12.1 Å². The molecule has 1 aromatic rings. The fourth-order valence-corrected chi connectivity index (χ4v) is 1.82. The summed E-state index contributed by atoms with van der Waals surface area (Å²) in [6.45, 7) is 0.563. The number of carbonyl (C=O) groups excluding carboxylic acids is 1. The molecule has 0 aromatic heterocycles. The van der Waals surface area contributed by atoms with E-state index in [0.29, 0.717) is 12.1 Å². The highest BCUT2D eigenvalue weighted by molar-refractivity contribution is 5.82. The second-order valence-corrected chi connectivity index (χ2v) is 4.51. The summed E-state index contributed by atoms with van der Waals surface area (Å²) < 4.78 is 0. The van der Waals surface area contributed by atoms with Gasteiger partial charge in [-0.05, 0) is 24.1 Å². The van der Waals surface area contributed by atoms with Gasteiger partial charge in [-0.2, -0.15) is 5.26 Å². The van der Waals surface area contributed by atoms with Crippen molar-refractivity contribution in [2.24, 2.45) is 11.7 Å². The van der Waals surface area contributed by atoms with Crippen LogP contribution in [0.3, 0.4) is 0 Å². The second kappa shape index (κ2) is 4.56. The first-order valence-corrected chi connectivity index (χ1v) is 5.61. The molecule has 0 saturated heterocycles. The van der Waals surface area contributed by atoms with Gasteiger partial charge in [0.25, 0.3) is 0 Å². The van der Waals surface area contributed by atoms with Crippen molar-refractivity contribution in [1.82, 2.24) is 4.90 Å². The van der Waals surface area contributed by atoms with Crippen molar-refractivity contribution in [2.75, 3.05) is 7.05 Å². The third-order valence-electron chi connectivity index (χ3n) is 3.04. The number of hydrogen-bond acceptors (Lipinski definition) is 3. The van der Waals surface area contributed by atoms with Crippen molar-refractivity contribution in [3.8, 4) is 6.07 Å². The highest BCUT2D eigenvalue weighted by Gasteiger charge is 2.41. The van der Waals surface area contributed by atoms with Gasteiger partial charge in [0.2, 0.25) is 5.91 Å². The summed E-state index contributed by atoms with van der Waals surface area (Å²) in [7, 11) is 1.78. The number of nitrogens with zero attached hydrogens (tertiary/aromatic N) is 2. The minimum atomic E-state index is 0.0124. The summed E-state index contributed by atoms with van der Waals surface area (Å²) in [5, 5.41) is 8.68. The van der Waals surface area contributed by atoms with Crippen molar-refractivity contribution < 1.29 is 4.79 Å². The average molecular weight is 229 g/mol. The van der Waals surface area contributed by atoms with Crippen LogP contribution in [0.5, 0.6) is 0 Å². The first kappa shape index (κ1) is 11.6. The van der Waals surface area contributed by atoms with Gasteiger partial charge in [-0.25, -0.2) is 0 Å². The minimum Gasteiger partial charge on any atom is -0.341 e. The molecule has 88 valence electrons. The average Bonchev–Trinajstić information content (AvgIpc) is 3.06. The Balaban J connectivity index is 1.95. The van der Waals surface area contributed by atoms with Gasteiger partial charge < -0.3 is 10.6 Å². The van der Waals surface area contributed by atoms with Crippen LogP contribution in [-0.4, -0.2) is 23.9 Å². The van der Waals surface area contributed by atoms with Gasteiger partial charge >= 0.3 is 0 Å². The molecule has 0 spiro atoms. The lowest BCUT2D eigenvalue weighted by atomic mass is 10.1. The molecule has 2 N–H and O–H groups in total. The van der Waals surface area contributed by atoms with E-state index in [2.05, 4.69) is 6.07 Å². The minimum absolute atomic E-state index is 0.0124. The van der Waals surface area contributed by atoms with Crippen LogP contribution < -0.4 is 5.73 Å². The van der Waals surface area contributed by atoms with Crippen LogP contribution in [0.25, 0.3) is 0 Å². The van der Waals surface area contributed by atoms with Crippen molar-refractivity contribution in [1.29, 1.82) is 5.26 Å². The summed E-state index contributed by atoms with van der Waals surface area (Å²) >= 11 is 0. The first-order valence-electron chi connectivity index (χ1n) is 5.61. The molecule has 2 atom stereocenters. The molecule has 1 saturated carbocycles. The molecule has 4 nitrogen and oxygen atoms in total. The van der Waals surface area contributed by atoms with Crippen LogP contribution in [0.4, 0.5) is 0 Å². The Morgan fingerprint density at radius 3 is 2.59 bits per heavy atom. The molecule has 2 unspecified atom stereocenters. The molecule has 0 radical (unpaired) electrons. The number of benzene rings is 1. The predicted octanol–water partition coefficient (Wildman–Crippen LogP) is 0.864. The van der Waals surface area contributed by atoms with Gasteiger partial charge in [-0.3, -0.25) is 4.79 Å². The van der Waals surface area contributed by atoms with E-state index in [1.54, 1.807) is 24.1 Å². The molecule has 0 heterocycles. The topological polar surface area (TPSA) is 70.1 Å². The third kappa shape index (κ3) is 2.63. The number of hydrogen-bond donors (Lipinski definition) is 1. The van der Waals surface area contributed by atoms with E-state index in [4.69, 9.17) is 11.0 Å². The number of amides is 1. The Hall–Kier alpha value is -1.86. The fourth-order valence-electron chi connectivity index (χ4n) is 1.82. The number of rotatable bonds is 3. The Morgan fingerprint density at radius 1 is 1.53 bits per heavy atom. The van der Waals surface area contributed by atoms with E-state index < -0.39 is 0 Å². The van der Waals surface area contributed by atoms with Crippen molar-refractivity contribution in [3.05, 3.63) is 35.4 Å². The number of nitrogens with two attached hydrogens (primary N) is 1. The lowest BCUT2D eigenvalue weighted by Crippen LogP contribution is -2.29. The molecule has 1 aliphatic carbocycles. The van der Waals surface area contributed by atoms with Crippen LogP contribution in [0.15, 0.2) is 24.3 Å². The zero-order valence-corrected chi connectivity index (χ0v) is 9.76. The largest absolute Gasteiger partial charge is 0.341 e. The lowest BCUT2D eigenvalue weighted by Gasteiger charge is -2.17. The second-order valence-electron chi connectivity index (χ2n) is 4.51. The normalized spacial score (nSPS) is 21.7. The summed E-state index contributed by atoms with van der Waals surface area (Å²) in [6.07, 6.45) is 0.802. The molecule has 0 aliphatic heterocycles. The quantitative estimate of drug-likeness (QED) is 0.835. The number of carbonyl (C=O) groups is 1. The zero-order chi connectivity index (χ0) is 12.4. The Kier molecular flexibility index (Phi) is 3.12. The Morgan fingerprint density at radius 2 is 2.12 bits per heavy atom. The predicted molar refractivity (Wildman–Crippen MR) is 63.7 cm³/mol. The van der Waals surface area contributed by atoms with Gasteiger partial charge in [0.1, 0.15) is 0 Å². The van der Waals surface area contributed by atoms with Crippen molar-refractivity contribution in [2.45, 2.75) is 19.0 Å². The number of nitriles is 1. The molecule has 4 heteroatoms. The summed E-state index contributed by atoms with van der Waals surface area (Å²) in [5.74, 6) is 0.125. The Bertz CT molecular complexity index is 461. The van der Waals surface area contributed by atoms with Gasteiger partial charge in [-0.15, -0.1) is 0 Å². The molecule has 1 aliphatic rings. The standard InChI is InChI=1S/C13H15N3O/c1-16(13(17)11-6-12(11)15)8-10-4-2-9(7-14)3-5-10/h2-5,11-12H,6,8,15H2,1H3. The summed E-state index contributed by atoms with van der Waals surface area (Å²) in [6, 6.07) is 9.38. The van der Waals surface area contributed by atoms with Gasteiger partial charge in [0.15, 0.2) is 0 Å². The van der Waals surface area contributed by atoms with E-state index in [9.17, 15) is 4.79 Å². The fraction of sp³-hybridized carbons (Fsp3) is 0.385. The summed E-state index contributed by atoms with van der Waals surface area (Å²) in [4.78, 5) is 13.5. The van der Waals surface area contributed by atoms with E-state index in [1.165, 1.54) is 0 Å². The van der Waals surface area contributed by atoms with Crippen LogP contribution in [0.2, 0.25) is 0 Å². The van der Waals surface area contributed by atoms with E-state index in [-0.39, 0.29) is 17.9 Å². The highest BCUT2D eigenvalue weighted by atomic mass is 16.2. The molecule has 1 aromatic carbocycles. The highest BCUT2D eigenvalue weighted by Crippen LogP contribution is 2.29. The summed E-state index contributed by atoms with van der Waals surface area (Å²) in [5.41, 5.74) is 7.31. The smallest absolute Gasteiger partial charge is 0.227 e. The van der Waals surface area contributed by atoms with E-state index in [0.717, 1.165) is 12.0 Å². The maximum Gasteiger partial charge on any atom is 0.227 e. The molecule has 1 fully saturated rings. The van der Waals surface area contributed by atoms with Crippen LogP contribution in [0.1, 0.15) is 17.5 Å². The molecule has 17 heavy (non-hydrogen) atoms. The van der Waals surface area contributed by atoms with Crippen molar-refractivity contribution >= 4 is 5.91 Å². The monoisotopic (exact) mass is 229 g/mol. The van der Waals surface area contributed by atoms with Crippen LogP contribution in [0, 0.1) is 17.2 Å². The Labute approximate surface area is 101 Å². The zero-order valence-electron chi connectivity index (χ0n) is 9.76. The van der Waals surface area contributed by atoms with Gasteiger partial charge in [0, 0.05) is 19.6 Å².